The van der Waals surface area contributed by atoms with Gasteiger partial charge < -0.3 is 0 Å². The summed E-state index contributed by atoms with van der Waals surface area (Å²) in [5, 5.41) is 0. The summed E-state index contributed by atoms with van der Waals surface area (Å²) in [4.78, 5) is 0. The summed E-state index contributed by atoms with van der Waals surface area (Å²) < 4.78 is 0. The Morgan fingerprint density at radius 3 is 0.333 bits per heavy atom. The van der Waals surface area contributed by atoms with Crippen LogP contribution in [0.2, 0.25) is 0 Å². The molecule has 0 heterocycles. The van der Waals surface area contributed by atoms with Crippen LogP contribution in [0, 0.1) is 0 Å². The molecule has 0 unspecified atom stereocenters. The maximum absolute atomic E-state index is 3.36. The Balaban J connectivity index is -0.00000000891. The molecule has 0 radical (unpaired) electrons. The normalized spacial score (nSPS) is 3.42. The van der Waals surface area contributed by atoms with Gasteiger partial charge >= 0.3 is 0 Å². The van der Waals surface area contributed by atoms with E-state index in [-0.39, 0.29) is 18.8 Å². The van der Waals surface area contributed by atoms with E-state index in [1.54, 1.807) is 36.5 Å². The molecule has 0 aliphatic carbocycles. The van der Waals surface area contributed by atoms with E-state index in [1.807, 2.05) is 41.5 Å². The molecule has 0 aromatic carbocycles. The molecule has 4 heteroatoms. The van der Waals surface area contributed by atoms with E-state index >= 15 is 0 Å². The molecule has 0 aliphatic heterocycles. The van der Waals surface area contributed by atoms with Gasteiger partial charge in [-0.05, 0) is 41.5 Å². The Morgan fingerprint density at radius 1 is 0.333 bits per heavy atom. The van der Waals surface area contributed by atoms with Crippen LogP contribution in [0.15, 0.2) is 89.1 Å². The highest BCUT2D eigenvalue weighted by Gasteiger charge is 1.16. The number of hydrogen-bond acceptors (Lipinski definition) is 0. The van der Waals surface area contributed by atoms with Crippen LogP contribution in [0.5, 0.6) is 0 Å². The van der Waals surface area contributed by atoms with Crippen molar-refractivity contribution in [1.82, 2.24) is 0 Å². The molecule has 0 spiro atoms. The highest BCUT2D eigenvalue weighted by Crippen LogP contribution is 1.39. The molecule has 0 aliphatic rings. The molecule has 0 aromatic heterocycles. The highest BCUT2D eigenvalue weighted by atomic mass is 19.0. The Labute approximate surface area is 150 Å². The lowest BCUT2D eigenvalue weighted by molar-refractivity contribution is 1.11. The monoisotopic (exact) mass is 360 g/mol. The largest absolute Gasteiger partial charge is 0.269 e. The summed E-state index contributed by atoms with van der Waals surface area (Å²) in [6, 6.07) is 0. The quantitative estimate of drug-likeness (QED) is 0.300. The second-order valence-electron chi connectivity index (χ2n) is 2.45. The topological polar surface area (TPSA) is 0 Å². The van der Waals surface area contributed by atoms with Crippen LogP contribution in [0.1, 0.15) is 41.5 Å². The van der Waals surface area contributed by atoms with Crippen LogP contribution >= 0.6 is 0 Å². The van der Waals surface area contributed by atoms with E-state index < -0.39 is 0 Å². The third-order valence-electron chi connectivity index (χ3n) is 0. The van der Waals surface area contributed by atoms with Gasteiger partial charge in [0.05, 0.1) is 0 Å². The molecule has 152 valence electrons. The minimum Gasteiger partial charge on any atom is -0.269 e. The average molecular weight is 361 g/mol. The molecule has 0 N–H and O–H groups in total. The molecule has 0 saturated heterocycles. The average Bonchev–Trinajstić information content (AvgIpc) is 2.36. The standard InChI is InChI=1S/6C3H6.C2H4.4FH/c6*1-3-2;1-2;;;;/h6*3H,1H2,2H3;1-2H2;4*1H. The number of allylic oxidation sites excluding steroid dienone is 6. The van der Waals surface area contributed by atoms with Crippen molar-refractivity contribution in [3.63, 3.8) is 0 Å². The van der Waals surface area contributed by atoms with Crippen molar-refractivity contribution in [2.75, 3.05) is 0 Å². The predicted octanol–water partition coefficient (Wildman–Crippen LogP) is 8.57. The van der Waals surface area contributed by atoms with Crippen molar-refractivity contribution in [3.8, 4) is 0 Å². The first kappa shape index (κ1) is 80.5. The minimum atomic E-state index is 0. The van der Waals surface area contributed by atoms with E-state index in [2.05, 4.69) is 52.6 Å². The van der Waals surface area contributed by atoms with Gasteiger partial charge in [-0.1, -0.05) is 36.5 Å². The van der Waals surface area contributed by atoms with E-state index in [1.165, 1.54) is 0 Å². The lowest BCUT2D eigenvalue weighted by Crippen LogP contribution is -1.07. The van der Waals surface area contributed by atoms with E-state index in [0.29, 0.717) is 0 Å². The summed E-state index contributed by atoms with van der Waals surface area (Å²) in [5.74, 6) is 0. The molecule has 0 atom stereocenters. The molecule has 0 aromatic rings. The molecular formula is C20H44F4. The maximum atomic E-state index is 3.36. The van der Waals surface area contributed by atoms with Gasteiger partial charge in [0.2, 0.25) is 0 Å². The van der Waals surface area contributed by atoms with Crippen molar-refractivity contribution in [3.05, 3.63) is 89.1 Å². The zero-order valence-corrected chi connectivity index (χ0v) is 16.8. The van der Waals surface area contributed by atoms with E-state index in [4.69, 9.17) is 0 Å². The summed E-state index contributed by atoms with van der Waals surface area (Å²) >= 11 is 0. The van der Waals surface area contributed by atoms with Gasteiger partial charge in [0.25, 0.3) is 0 Å². The van der Waals surface area contributed by atoms with Gasteiger partial charge in [0.1, 0.15) is 0 Å². The van der Waals surface area contributed by atoms with E-state index in [9.17, 15) is 0 Å². The SMILES string of the molecule is C=C.C=CC.C=CC.C=CC.C=CC.C=CC.C=CC.F.F.F.F. The fourth-order valence-electron chi connectivity index (χ4n) is 0. The zero-order chi connectivity index (χ0) is 18.2. The minimum absolute atomic E-state index is 0. The van der Waals surface area contributed by atoms with Gasteiger partial charge in [0.15, 0.2) is 0 Å². The van der Waals surface area contributed by atoms with Crippen LogP contribution in [0.25, 0.3) is 0 Å². The number of hydrogen-bond donors (Lipinski definition) is 0. The number of rotatable bonds is 0. The molecule has 0 rings (SSSR count). The third-order valence-corrected chi connectivity index (χ3v) is 0. The Hall–Kier alpha value is -2.10. The van der Waals surface area contributed by atoms with Crippen molar-refractivity contribution >= 4 is 0 Å². The Morgan fingerprint density at radius 2 is 0.333 bits per heavy atom. The maximum Gasteiger partial charge on any atom is -0.0473 e. The van der Waals surface area contributed by atoms with Crippen LogP contribution < -0.4 is 0 Å². The molecule has 24 heavy (non-hydrogen) atoms. The fourth-order valence-corrected chi connectivity index (χ4v) is 0. The first-order valence-electron chi connectivity index (χ1n) is 6.41. The predicted molar refractivity (Wildman–Crippen MR) is 116 cm³/mol. The molecule has 0 nitrogen and oxygen atoms in total. The zero-order valence-electron chi connectivity index (χ0n) is 16.8. The third kappa shape index (κ3) is 1610. The fraction of sp³-hybridized carbons (Fsp3) is 0.300. The highest BCUT2D eigenvalue weighted by molar-refractivity contribution is 4.53. The van der Waals surface area contributed by atoms with Crippen molar-refractivity contribution in [2.45, 2.75) is 41.5 Å². The Bertz CT molecular complexity index is 118. The summed E-state index contributed by atoms with van der Waals surface area (Å²) in [5.41, 5.74) is 0. The van der Waals surface area contributed by atoms with Gasteiger partial charge in [-0.15, -0.1) is 52.6 Å². The van der Waals surface area contributed by atoms with Gasteiger partial charge in [-0.2, -0.15) is 0 Å². The number of halogens is 4. The summed E-state index contributed by atoms with van der Waals surface area (Å²) in [7, 11) is 0. The van der Waals surface area contributed by atoms with Crippen molar-refractivity contribution in [1.29, 1.82) is 0 Å². The van der Waals surface area contributed by atoms with Crippen LogP contribution in [-0.4, -0.2) is 0 Å². The molecule has 0 saturated carbocycles. The summed E-state index contributed by atoms with van der Waals surface area (Å²) in [6.45, 7) is 37.5. The first-order chi connectivity index (χ1) is 9.49. The lowest BCUT2D eigenvalue weighted by Gasteiger charge is -1.31. The molecule has 0 bridgehead atoms. The molecule has 0 fully saturated rings. The molecular weight excluding hydrogens is 316 g/mol. The van der Waals surface area contributed by atoms with Crippen LogP contribution in [-0.2, 0) is 0 Å². The van der Waals surface area contributed by atoms with Crippen LogP contribution in [0.3, 0.4) is 0 Å². The Kier molecular flexibility index (Phi) is 1830. The van der Waals surface area contributed by atoms with Crippen molar-refractivity contribution < 1.29 is 18.8 Å². The second-order valence-corrected chi connectivity index (χ2v) is 2.45. The molecule has 0 amide bonds. The lowest BCUT2D eigenvalue weighted by atomic mass is 10.8. The first-order valence-corrected chi connectivity index (χ1v) is 6.41. The van der Waals surface area contributed by atoms with Crippen LogP contribution in [0.4, 0.5) is 18.8 Å². The van der Waals surface area contributed by atoms with Crippen molar-refractivity contribution in [2.24, 2.45) is 0 Å². The smallest absolute Gasteiger partial charge is 0.0473 e. The summed E-state index contributed by atoms with van der Waals surface area (Å²) in [6.07, 6.45) is 10.5. The second kappa shape index (κ2) is 544. The van der Waals surface area contributed by atoms with Gasteiger partial charge in [0, 0.05) is 0 Å². The van der Waals surface area contributed by atoms with E-state index in [0.717, 1.165) is 0 Å². The van der Waals surface area contributed by atoms with Gasteiger partial charge in [-0.3, -0.25) is 18.8 Å². The van der Waals surface area contributed by atoms with Gasteiger partial charge in [-0.25, -0.2) is 0 Å².